The van der Waals surface area contributed by atoms with E-state index in [1.54, 1.807) is 12.4 Å². The van der Waals surface area contributed by atoms with Crippen molar-refractivity contribution in [2.24, 2.45) is 0 Å². The van der Waals surface area contributed by atoms with Crippen LogP contribution < -0.4 is 17.0 Å². The Morgan fingerprint density at radius 2 is 2.05 bits per heavy atom. The Hall–Kier alpha value is -2.37. The Bertz CT molecular complexity index is 715. The van der Waals surface area contributed by atoms with E-state index in [2.05, 4.69) is 4.98 Å². The van der Waals surface area contributed by atoms with Gasteiger partial charge in [0.25, 0.3) is 5.56 Å². The first-order valence-electron chi connectivity index (χ1n) is 6.03. The molecule has 0 aliphatic heterocycles. The van der Waals surface area contributed by atoms with Gasteiger partial charge < -0.3 is 5.73 Å². The van der Waals surface area contributed by atoms with Crippen molar-refractivity contribution in [3.63, 3.8) is 0 Å². The van der Waals surface area contributed by atoms with Gasteiger partial charge in [0.2, 0.25) is 0 Å². The molecule has 0 aliphatic carbocycles. The van der Waals surface area contributed by atoms with Crippen molar-refractivity contribution in [2.45, 2.75) is 26.9 Å². The van der Waals surface area contributed by atoms with E-state index in [4.69, 9.17) is 5.73 Å². The van der Waals surface area contributed by atoms with Crippen molar-refractivity contribution in [3.05, 3.63) is 56.6 Å². The summed E-state index contributed by atoms with van der Waals surface area (Å²) in [5.41, 5.74) is 6.67. The first-order chi connectivity index (χ1) is 9.02. The minimum Gasteiger partial charge on any atom is -0.393 e. The Labute approximate surface area is 110 Å². The van der Waals surface area contributed by atoms with E-state index in [0.717, 1.165) is 15.7 Å². The number of anilines is 1. The average Bonchev–Trinajstić information content (AvgIpc) is 2.39. The molecule has 19 heavy (non-hydrogen) atoms. The molecule has 0 aliphatic rings. The molecule has 2 rings (SSSR count). The quantitative estimate of drug-likeness (QED) is 0.864. The van der Waals surface area contributed by atoms with Crippen LogP contribution in [0, 0.1) is 6.92 Å². The molecular formula is C13H16N4O2. The number of pyridine rings is 1. The monoisotopic (exact) mass is 260 g/mol. The van der Waals surface area contributed by atoms with Crippen molar-refractivity contribution in [3.8, 4) is 0 Å². The highest BCUT2D eigenvalue weighted by Gasteiger charge is 2.09. The van der Waals surface area contributed by atoms with E-state index in [-0.39, 0.29) is 17.9 Å². The van der Waals surface area contributed by atoms with Gasteiger partial charge in [-0.15, -0.1) is 0 Å². The number of nitrogens with two attached hydrogens (primary N) is 1. The Kier molecular flexibility index (Phi) is 3.50. The van der Waals surface area contributed by atoms with Crippen molar-refractivity contribution < 1.29 is 0 Å². The second-order valence-corrected chi connectivity index (χ2v) is 4.41. The minimum absolute atomic E-state index is 0.0714. The molecule has 6 nitrogen and oxygen atoms in total. The maximum absolute atomic E-state index is 12.1. The normalized spacial score (nSPS) is 10.6. The first-order valence-corrected chi connectivity index (χ1v) is 6.03. The van der Waals surface area contributed by atoms with Gasteiger partial charge in [0.15, 0.2) is 0 Å². The fourth-order valence-corrected chi connectivity index (χ4v) is 1.93. The van der Waals surface area contributed by atoms with E-state index >= 15 is 0 Å². The zero-order valence-corrected chi connectivity index (χ0v) is 11.0. The maximum Gasteiger partial charge on any atom is 0.331 e. The minimum atomic E-state index is -0.462. The summed E-state index contributed by atoms with van der Waals surface area (Å²) in [5, 5.41) is 0. The maximum atomic E-state index is 12.1. The molecule has 2 aromatic rings. The summed E-state index contributed by atoms with van der Waals surface area (Å²) >= 11 is 0. The van der Waals surface area contributed by atoms with Crippen LogP contribution >= 0.6 is 0 Å². The van der Waals surface area contributed by atoms with Gasteiger partial charge in [-0.3, -0.25) is 18.9 Å². The molecule has 2 heterocycles. The van der Waals surface area contributed by atoms with Crippen LogP contribution in [-0.4, -0.2) is 14.1 Å². The number of nitrogens with zero attached hydrogens (tertiary/aromatic N) is 3. The molecule has 0 aromatic carbocycles. The molecule has 0 radical (unpaired) electrons. The van der Waals surface area contributed by atoms with E-state index < -0.39 is 5.56 Å². The molecule has 0 fully saturated rings. The van der Waals surface area contributed by atoms with Gasteiger partial charge in [0.05, 0.1) is 6.54 Å². The predicted molar refractivity (Wildman–Crippen MR) is 73.1 cm³/mol. The SMILES string of the molecule is CCn1cc(N)c(=O)n(Cc2cncc(C)c2)c1=O. The smallest absolute Gasteiger partial charge is 0.331 e. The lowest BCUT2D eigenvalue weighted by atomic mass is 10.2. The van der Waals surface area contributed by atoms with Crippen molar-refractivity contribution in [1.29, 1.82) is 0 Å². The first kappa shape index (κ1) is 13.1. The molecule has 2 N–H and O–H groups in total. The van der Waals surface area contributed by atoms with Crippen LogP contribution in [0.15, 0.2) is 34.2 Å². The van der Waals surface area contributed by atoms with Gasteiger partial charge in [-0.2, -0.15) is 0 Å². The van der Waals surface area contributed by atoms with Gasteiger partial charge in [-0.1, -0.05) is 6.07 Å². The summed E-state index contributed by atoms with van der Waals surface area (Å²) in [5.74, 6) is 0. The molecule has 0 unspecified atom stereocenters. The van der Waals surface area contributed by atoms with Gasteiger partial charge in [-0.05, 0) is 25.0 Å². The largest absolute Gasteiger partial charge is 0.393 e. The number of aryl methyl sites for hydroxylation is 2. The van der Waals surface area contributed by atoms with Crippen molar-refractivity contribution in [2.75, 3.05) is 5.73 Å². The second-order valence-electron chi connectivity index (χ2n) is 4.41. The van der Waals surface area contributed by atoms with Crippen LogP contribution in [0.3, 0.4) is 0 Å². The van der Waals surface area contributed by atoms with E-state index in [1.165, 1.54) is 10.8 Å². The van der Waals surface area contributed by atoms with Gasteiger partial charge in [0, 0.05) is 25.1 Å². The molecule has 2 aromatic heterocycles. The topological polar surface area (TPSA) is 82.9 Å². The summed E-state index contributed by atoms with van der Waals surface area (Å²) in [6.45, 7) is 4.37. The lowest BCUT2D eigenvalue weighted by Crippen LogP contribution is -2.40. The lowest BCUT2D eigenvalue weighted by molar-refractivity contribution is 0.602. The zero-order chi connectivity index (χ0) is 14.0. The summed E-state index contributed by atoms with van der Waals surface area (Å²) in [4.78, 5) is 28.1. The molecule has 6 heteroatoms. The van der Waals surface area contributed by atoms with Gasteiger partial charge in [-0.25, -0.2) is 4.79 Å². The molecule has 0 bridgehead atoms. The van der Waals surface area contributed by atoms with Gasteiger partial charge in [0.1, 0.15) is 5.69 Å². The standard InChI is InChI=1S/C13H16N4O2/c1-3-16-8-11(14)12(18)17(13(16)19)7-10-4-9(2)5-15-6-10/h4-6,8H,3,7,14H2,1-2H3. The number of nitrogen functional groups attached to an aromatic ring is 1. The summed E-state index contributed by atoms with van der Waals surface area (Å²) in [6, 6.07) is 1.89. The number of aromatic nitrogens is 3. The molecule has 0 spiro atoms. The zero-order valence-electron chi connectivity index (χ0n) is 11.0. The Morgan fingerprint density at radius 1 is 1.32 bits per heavy atom. The highest BCUT2D eigenvalue weighted by atomic mass is 16.2. The third kappa shape index (κ3) is 2.57. The van der Waals surface area contributed by atoms with Crippen LogP contribution in [0.2, 0.25) is 0 Å². The molecular weight excluding hydrogens is 244 g/mol. The molecule has 100 valence electrons. The summed E-state index contributed by atoms with van der Waals surface area (Å²) < 4.78 is 2.55. The summed E-state index contributed by atoms with van der Waals surface area (Å²) in [7, 11) is 0. The fourth-order valence-electron chi connectivity index (χ4n) is 1.93. The summed E-state index contributed by atoms with van der Waals surface area (Å²) in [6.07, 6.45) is 4.74. The Balaban J connectivity index is 2.54. The second kappa shape index (κ2) is 5.09. The average molecular weight is 260 g/mol. The number of hydrogen-bond acceptors (Lipinski definition) is 4. The van der Waals surface area contributed by atoms with Crippen LogP contribution in [0.25, 0.3) is 0 Å². The van der Waals surface area contributed by atoms with Crippen LogP contribution in [0.4, 0.5) is 5.69 Å². The highest BCUT2D eigenvalue weighted by Crippen LogP contribution is 2.02. The van der Waals surface area contributed by atoms with Crippen molar-refractivity contribution in [1.82, 2.24) is 14.1 Å². The number of hydrogen-bond donors (Lipinski definition) is 1. The van der Waals surface area contributed by atoms with Crippen LogP contribution in [0.5, 0.6) is 0 Å². The van der Waals surface area contributed by atoms with Crippen LogP contribution in [0.1, 0.15) is 18.1 Å². The lowest BCUT2D eigenvalue weighted by Gasteiger charge is -2.10. The van der Waals surface area contributed by atoms with E-state index in [1.807, 2.05) is 19.9 Å². The van der Waals surface area contributed by atoms with Crippen LogP contribution in [-0.2, 0) is 13.1 Å². The van der Waals surface area contributed by atoms with E-state index in [9.17, 15) is 9.59 Å². The third-order valence-electron chi connectivity index (χ3n) is 2.88. The molecule has 0 amide bonds. The van der Waals surface area contributed by atoms with Gasteiger partial charge >= 0.3 is 5.69 Å². The highest BCUT2D eigenvalue weighted by molar-refractivity contribution is 5.31. The Morgan fingerprint density at radius 3 is 2.68 bits per heavy atom. The van der Waals surface area contributed by atoms with Crippen molar-refractivity contribution >= 4 is 5.69 Å². The van der Waals surface area contributed by atoms with E-state index in [0.29, 0.717) is 6.54 Å². The number of rotatable bonds is 3. The molecule has 0 atom stereocenters. The fraction of sp³-hybridized carbons (Fsp3) is 0.308. The third-order valence-corrected chi connectivity index (χ3v) is 2.88. The predicted octanol–water partition coefficient (Wildman–Crippen LogP) is 0.364. The molecule has 0 saturated heterocycles. The molecule has 0 saturated carbocycles.